The molecule has 1 aliphatic rings. The fourth-order valence-corrected chi connectivity index (χ4v) is 1.70. The van der Waals surface area contributed by atoms with Crippen LogP contribution < -0.4 is 0 Å². The number of nitrogens with zero attached hydrogens (tertiary/aromatic N) is 1. The zero-order chi connectivity index (χ0) is 9.46. The van der Waals surface area contributed by atoms with E-state index in [9.17, 15) is 0 Å². The van der Waals surface area contributed by atoms with Gasteiger partial charge in [0.15, 0.2) is 0 Å². The summed E-state index contributed by atoms with van der Waals surface area (Å²) in [7, 11) is 7.89. The van der Waals surface area contributed by atoms with Crippen molar-refractivity contribution in [1.82, 2.24) is 4.90 Å². The Labute approximate surface area is 75.8 Å². The van der Waals surface area contributed by atoms with Crippen LogP contribution in [0.2, 0.25) is 0 Å². The number of hydrogen-bond donors (Lipinski definition) is 0. The normalized spacial score (nSPS) is 23.8. The van der Waals surface area contributed by atoms with Crippen molar-refractivity contribution in [1.29, 1.82) is 0 Å². The summed E-state index contributed by atoms with van der Waals surface area (Å²) in [5.74, 6) is 0.375. The van der Waals surface area contributed by atoms with Gasteiger partial charge in [0, 0.05) is 0 Å². The predicted molar refractivity (Wildman–Crippen MR) is 55.2 cm³/mol. The first kappa shape index (κ1) is 9.30. The van der Waals surface area contributed by atoms with Crippen LogP contribution in [-0.2, 0) is 0 Å². The average Bonchev–Trinajstić information content (AvgIpc) is 2.16. The van der Waals surface area contributed by atoms with Crippen LogP contribution in [-0.4, -0.2) is 25.0 Å². The van der Waals surface area contributed by atoms with E-state index in [1.54, 1.807) is 0 Å². The molecule has 1 rings (SSSR count). The summed E-state index contributed by atoms with van der Waals surface area (Å²) in [5.41, 5.74) is 4.46. The first-order valence-corrected chi connectivity index (χ1v) is 4.19. The van der Waals surface area contributed by atoms with E-state index >= 15 is 0 Å². The maximum absolute atomic E-state index is 5.93. The number of hydrogen-bond acceptors (Lipinski definition) is 1. The third-order valence-electron chi connectivity index (χ3n) is 2.54. The van der Waals surface area contributed by atoms with E-state index in [1.807, 2.05) is 11.9 Å². The molecule has 0 bridgehead atoms. The molecule has 63 valence electrons. The van der Waals surface area contributed by atoms with E-state index in [2.05, 4.69) is 27.4 Å². The van der Waals surface area contributed by atoms with Gasteiger partial charge in [0.1, 0.15) is 0 Å². The molecule has 2 heteroatoms. The molecule has 0 saturated carbocycles. The second kappa shape index (κ2) is 2.93. The second-order valence-electron chi connectivity index (χ2n) is 3.57. The fourth-order valence-electron chi connectivity index (χ4n) is 1.70. The zero-order valence-corrected chi connectivity index (χ0v) is 8.31. The van der Waals surface area contributed by atoms with Crippen molar-refractivity contribution >= 4 is 13.1 Å². The third kappa shape index (κ3) is 1.15. The number of likely N-dealkylation sites (N-methyl/N-ethyl adjacent to an activating group) is 1. The Morgan fingerprint density at radius 2 is 2.00 bits per heavy atom. The first-order chi connectivity index (χ1) is 5.46. The van der Waals surface area contributed by atoms with Crippen LogP contribution in [0.3, 0.4) is 0 Å². The van der Waals surface area contributed by atoms with Gasteiger partial charge in [-0.15, -0.1) is 0 Å². The molecule has 12 heavy (non-hydrogen) atoms. The van der Waals surface area contributed by atoms with Crippen LogP contribution in [0.1, 0.15) is 20.8 Å². The summed E-state index contributed by atoms with van der Waals surface area (Å²) < 4.78 is 0. The van der Waals surface area contributed by atoms with Gasteiger partial charge >= 0.3 is 75.1 Å². The van der Waals surface area contributed by atoms with Gasteiger partial charge < -0.3 is 0 Å². The quantitative estimate of drug-likeness (QED) is 0.487. The van der Waals surface area contributed by atoms with E-state index in [1.165, 1.54) is 11.1 Å². The van der Waals surface area contributed by atoms with E-state index in [4.69, 9.17) is 7.49 Å². The van der Waals surface area contributed by atoms with Crippen molar-refractivity contribution in [3.8, 4) is 0 Å². The maximum atomic E-state index is 5.93. The van der Waals surface area contributed by atoms with Crippen molar-refractivity contribution in [2.24, 2.45) is 5.92 Å². The summed E-state index contributed by atoms with van der Waals surface area (Å²) >= 11 is 0. The molecule has 1 unspecified atom stereocenters. The summed E-state index contributed by atoms with van der Waals surface area (Å²) in [6.07, 6.45) is 0. The Morgan fingerprint density at radius 1 is 1.50 bits per heavy atom. The Morgan fingerprint density at radius 3 is 2.17 bits per heavy atom. The Bertz CT molecular complexity index is 272. The van der Waals surface area contributed by atoms with Gasteiger partial charge in [0.25, 0.3) is 0 Å². The number of rotatable bonds is 0. The van der Waals surface area contributed by atoms with Crippen LogP contribution in [0, 0.1) is 5.92 Å². The van der Waals surface area contributed by atoms with E-state index in [-0.39, 0.29) is 0 Å². The molecule has 1 saturated heterocycles. The van der Waals surface area contributed by atoms with E-state index < -0.39 is 0 Å². The van der Waals surface area contributed by atoms with Crippen LogP contribution in [0.25, 0.3) is 0 Å². The molecule has 0 amide bonds. The van der Waals surface area contributed by atoms with Gasteiger partial charge in [-0.05, 0) is 0 Å². The van der Waals surface area contributed by atoms with Crippen molar-refractivity contribution in [2.75, 3.05) is 7.05 Å². The van der Waals surface area contributed by atoms with Crippen molar-refractivity contribution in [3.63, 3.8) is 0 Å². The zero-order valence-electron chi connectivity index (χ0n) is 8.31. The van der Waals surface area contributed by atoms with Crippen molar-refractivity contribution < 1.29 is 0 Å². The molecule has 0 aromatic rings. The summed E-state index contributed by atoms with van der Waals surface area (Å²) in [5, 5.41) is 0. The molecule has 0 aromatic heterocycles. The molecular formula is C10H15BN. The topological polar surface area (TPSA) is 3.24 Å². The Kier molecular flexibility index (Phi) is 2.27. The molecule has 0 spiro atoms. The Hall–Kier alpha value is -0.785. The summed E-state index contributed by atoms with van der Waals surface area (Å²) in [6, 6.07) is 0. The predicted octanol–water partition coefficient (Wildman–Crippen LogP) is 1.72. The minimum absolute atomic E-state index is 0.375. The summed E-state index contributed by atoms with van der Waals surface area (Å²) in [4.78, 5) is 1.97. The Balaban J connectivity index is 3.17. The van der Waals surface area contributed by atoms with Crippen LogP contribution in [0.4, 0.5) is 0 Å². The van der Waals surface area contributed by atoms with Crippen LogP contribution >= 0.6 is 0 Å². The molecule has 0 aromatic carbocycles. The first-order valence-electron chi connectivity index (χ1n) is 4.19. The molecule has 1 heterocycles. The van der Waals surface area contributed by atoms with Crippen LogP contribution in [0.15, 0.2) is 23.4 Å². The molecule has 0 aliphatic carbocycles. The number of likely N-dealkylation sites (tertiary alicyclic amines) is 1. The molecule has 1 radical (unpaired) electrons. The van der Waals surface area contributed by atoms with Crippen molar-refractivity contribution in [2.45, 2.75) is 20.8 Å². The average molecular weight is 160 g/mol. The van der Waals surface area contributed by atoms with Gasteiger partial charge in [0.05, 0.1) is 0 Å². The fraction of sp³-hybridized carbons (Fsp3) is 0.500. The minimum atomic E-state index is 0.375. The molecule has 1 atom stereocenters. The molecule has 0 N–H and O–H groups in total. The van der Waals surface area contributed by atoms with Crippen molar-refractivity contribution in [3.05, 3.63) is 23.4 Å². The molecule has 1 nitrogen and oxygen atoms in total. The second-order valence-corrected chi connectivity index (χ2v) is 3.57. The summed E-state index contributed by atoms with van der Waals surface area (Å²) in [6.45, 7) is 10.3. The molecule has 1 aliphatic heterocycles. The molecule has 1 fully saturated rings. The van der Waals surface area contributed by atoms with Gasteiger partial charge in [-0.25, -0.2) is 0 Å². The van der Waals surface area contributed by atoms with Gasteiger partial charge in [-0.1, -0.05) is 0 Å². The van der Waals surface area contributed by atoms with Gasteiger partial charge in [0.2, 0.25) is 0 Å². The standard InChI is InChI=1S/C10H15BN/c1-6(2)9-7(3)8(4)12(5)10(9)11/h7H,4H2,1-3,5H3. The monoisotopic (exact) mass is 160 g/mol. The van der Waals surface area contributed by atoms with Gasteiger partial charge in [-0.3, -0.25) is 0 Å². The number of allylic oxidation sites excluding steroid dienone is 2. The van der Waals surface area contributed by atoms with Crippen LogP contribution in [0.5, 0.6) is 0 Å². The van der Waals surface area contributed by atoms with E-state index in [0.717, 1.165) is 11.3 Å². The SMILES string of the molecule is [B]=C1C(=C(C)C)C(C)C(=C)N1C. The van der Waals surface area contributed by atoms with E-state index in [0.29, 0.717) is 5.92 Å². The molecular weight excluding hydrogens is 145 g/mol. The van der Waals surface area contributed by atoms with Gasteiger partial charge in [-0.2, -0.15) is 0 Å². The third-order valence-corrected chi connectivity index (χ3v) is 2.54.